The van der Waals surface area contributed by atoms with Crippen molar-refractivity contribution in [3.8, 4) is 0 Å². The maximum absolute atomic E-state index is 11.9. The second-order valence-corrected chi connectivity index (χ2v) is 5.40. The molecule has 1 aliphatic rings. The van der Waals surface area contributed by atoms with E-state index in [1.807, 2.05) is 30.3 Å². The fourth-order valence-electron chi connectivity index (χ4n) is 2.61. The summed E-state index contributed by atoms with van der Waals surface area (Å²) in [6, 6.07) is 9.45. The zero-order valence-electron chi connectivity index (χ0n) is 11.9. The Morgan fingerprint density at radius 1 is 1.29 bits per heavy atom. The number of amides is 2. The monoisotopic (exact) mass is 281 g/mol. The second-order valence-electron chi connectivity index (χ2n) is 5.40. The largest absolute Gasteiger partial charge is 0.338 e. The number of urea groups is 1. The molecular formula is C17H19N3O. The minimum absolute atomic E-state index is 0.146. The van der Waals surface area contributed by atoms with Crippen LogP contribution >= 0.6 is 0 Å². The van der Waals surface area contributed by atoms with Gasteiger partial charge in [-0.2, -0.15) is 0 Å². The molecule has 0 saturated carbocycles. The van der Waals surface area contributed by atoms with Crippen LogP contribution in [-0.4, -0.2) is 17.6 Å². The van der Waals surface area contributed by atoms with Crippen LogP contribution in [0.1, 0.15) is 19.3 Å². The summed E-state index contributed by atoms with van der Waals surface area (Å²) in [5.74, 6) is 0.557. The van der Waals surface area contributed by atoms with Crippen molar-refractivity contribution in [3.05, 3.63) is 48.7 Å². The van der Waals surface area contributed by atoms with Gasteiger partial charge in [-0.05, 0) is 49.4 Å². The third-order valence-corrected chi connectivity index (χ3v) is 3.79. The average Bonchev–Trinajstić information content (AvgIpc) is 2.54. The normalized spacial score (nSPS) is 17.6. The smallest absolute Gasteiger partial charge is 0.319 e. The molecule has 3 rings (SSSR count). The molecule has 1 aromatic carbocycles. The van der Waals surface area contributed by atoms with E-state index in [1.54, 1.807) is 6.20 Å². The molecule has 1 aromatic heterocycles. The summed E-state index contributed by atoms with van der Waals surface area (Å²) in [4.78, 5) is 16.2. The SMILES string of the molecule is O=C(NCC1CC=CCC1)Nc1ccc2ncccc2c1. The predicted octanol–water partition coefficient (Wildman–Crippen LogP) is 3.71. The number of rotatable bonds is 3. The summed E-state index contributed by atoms with van der Waals surface area (Å²) in [6.07, 6.45) is 9.50. The van der Waals surface area contributed by atoms with Crippen LogP contribution in [0.2, 0.25) is 0 Å². The minimum Gasteiger partial charge on any atom is -0.338 e. The minimum atomic E-state index is -0.146. The lowest BCUT2D eigenvalue weighted by molar-refractivity contribution is 0.249. The zero-order valence-corrected chi connectivity index (χ0v) is 11.9. The maximum Gasteiger partial charge on any atom is 0.319 e. The Morgan fingerprint density at radius 3 is 3.10 bits per heavy atom. The van der Waals surface area contributed by atoms with Gasteiger partial charge in [0.15, 0.2) is 0 Å². The Balaban J connectivity index is 1.56. The van der Waals surface area contributed by atoms with Crippen molar-refractivity contribution in [2.75, 3.05) is 11.9 Å². The molecule has 2 N–H and O–H groups in total. The highest BCUT2D eigenvalue weighted by molar-refractivity contribution is 5.92. The van der Waals surface area contributed by atoms with Crippen LogP contribution in [-0.2, 0) is 0 Å². The lowest BCUT2D eigenvalue weighted by Crippen LogP contribution is -2.33. The van der Waals surface area contributed by atoms with Gasteiger partial charge in [-0.15, -0.1) is 0 Å². The first kappa shape index (κ1) is 13.6. The maximum atomic E-state index is 11.9. The summed E-state index contributed by atoms with van der Waals surface area (Å²) in [7, 11) is 0. The van der Waals surface area contributed by atoms with Crippen molar-refractivity contribution in [1.82, 2.24) is 10.3 Å². The van der Waals surface area contributed by atoms with Gasteiger partial charge in [-0.3, -0.25) is 4.98 Å². The predicted molar refractivity (Wildman–Crippen MR) is 85.2 cm³/mol. The van der Waals surface area contributed by atoms with Crippen LogP contribution in [0.5, 0.6) is 0 Å². The lowest BCUT2D eigenvalue weighted by Gasteiger charge is -2.18. The summed E-state index contributed by atoms with van der Waals surface area (Å²) >= 11 is 0. The van der Waals surface area contributed by atoms with Gasteiger partial charge in [0, 0.05) is 23.8 Å². The third kappa shape index (κ3) is 3.60. The Hall–Kier alpha value is -2.36. The first-order valence-electron chi connectivity index (χ1n) is 7.36. The average molecular weight is 281 g/mol. The number of pyridine rings is 1. The molecule has 1 atom stereocenters. The van der Waals surface area contributed by atoms with Crippen molar-refractivity contribution in [1.29, 1.82) is 0 Å². The molecule has 108 valence electrons. The quantitative estimate of drug-likeness (QED) is 0.843. The molecule has 1 aliphatic carbocycles. The molecule has 21 heavy (non-hydrogen) atoms. The van der Waals surface area contributed by atoms with E-state index in [9.17, 15) is 4.79 Å². The van der Waals surface area contributed by atoms with E-state index in [1.165, 1.54) is 0 Å². The molecule has 0 radical (unpaired) electrons. The van der Waals surface area contributed by atoms with Crippen molar-refractivity contribution >= 4 is 22.6 Å². The Kier molecular flexibility index (Phi) is 4.15. The van der Waals surface area contributed by atoms with E-state index < -0.39 is 0 Å². The van der Waals surface area contributed by atoms with Crippen LogP contribution in [0, 0.1) is 5.92 Å². The number of benzene rings is 1. The first-order chi connectivity index (χ1) is 10.3. The van der Waals surface area contributed by atoms with Gasteiger partial charge in [-0.1, -0.05) is 18.2 Å². The van der Waals surface area contributed by atoms with Gasteiger partial charge in [0.1, 0.15) is 0 Å². The number of nitrogens with zero attached hydrogens (tertiary/aromatic N) is 1. The molecule has 0 spiro atoms. The number of allylic oxidation sites excluding steroid dienone is 2. The molecule has 2 aromatic rings. The van der Waals surface area contributed by atoms with Gasteiger partial charge in [0.25, 0.3) is 0 Å². The number of aromatic nitrogens is 1. The van der Waals surface area contributed by atoms with E-state index in [0.29, 0.717) is 5.92 Å². The van der Waals surface area contributed by atoms with Gasteiger partial charge in [-0.25, -0.2) is 4.79 Å². The highest BCUT2D eigenvalue weighted by Crippen LogP contribution is 2.18. The molecule has 1 unspecified atom stereocenters. The molecule has 0 fully saturated rings. The number of hydrogen-bond donors (Lipinski definition) is 2. The van der Waals surface area contributed by atoms with Crippen LogP contribution in [0.3, 0.4) is 0 Å². The van der Waals surface area contributed by atoms with Crippen molar-refractivity contribution in [2.24, 2.45) is 5.92 Å². The number of fused-ring (bicyclic) bond motifs is 1. The number of hydrogen-bond acceptors (Lipinski definition) is 2. The van der Waals surface area contributed by atoms with Crippen LogP contribution in [0.25, 0.3) is 10.9 Å². The van der Waals surface area contributed by atoms with E-state index in [-0.39, 0.29) is 6.03 Å². The summed E-state index contributed by atoms with van der Waals surface area (Å²) in [6.45, 7) is 0.727. The fourth-order valence-corrected chi connectivity index (χ4v) is 2.61. The highest BCUT2D eigenvalue weighted by Gasteiger charge is 2.11. The Labute approximate surface area is 124 Å². The van der Waals surface area contributed by atoms with Gasteiger partial charge in [0.2, 0.25) is 0 Å². The van der Waals surface area contributed by atoms with Crippen molar-refractivity contribution in [3.63, 3.8) is 0 Å². The van der Waals surface area contributed by atoms with E-state index in [0.717, 1.165) is 42.4 Å². The molecule has 4 heteroatoms. The lowest BCUT2D eigenvalue weighted by atomic mass is 9.94. The number of anilines is 1. The summed E-state index contributed by atoms with van der Waals surface area (Å²) in [5.41, 5.74) is 1.72. The van der Waals surface area contributed by atoms with E-state index >= 15 is 0 Å². The van der Waals surface area contributed by atoms with Crippen LogP contribution < -0.4 is 10.6 Å². The molecule has 0 saturated heterocycles. The Bertz CT molecular complexity index is 666. The fraction of sp³-hybridized carbons (Fsp3) is 0.294. The molecule has 0 bridgehead atoms. The van der Waals surface area contributed by atoms with Crippen LogP contribution in [0.4, 0.5) is 10.5 Å². The Morgan fingerprint density at radius 2 is 2.24 bits per heavy atom. The molecule has 1 heterocycles. The molecule has 2 amide bonds. The first-order valence-corrected chi connectivity index (χ1v) is 7.36. The highest BCUT2D eigenvalue weighted by atomic mass is 16.2. The number of carbonyl (C=O) groups is 1. The zero-order chi connectivity index (χ0) is 14.5. The van der Waals surface area contributed by atoms with E-state index in [4.69, 9.17) is 0 Å². The van der Waals surface area contributed by atoms with Gasteiger partial charge in [0.05, 0.1) is 5.52 Å². The number of carbonyl (C=O) groups excluding carboxylic acids is 1. The topological polar surface area (TPSA) is 54.0 Å². The summed E-state index contributed by atoms with van der Waals surface area (Å²) < 4.78 is 0. The van der Waals surface area contributed by atoms with Gasteiger partial charge < -0.3 is 10.6 Å². The molecular weight excluding hydrogens is 262 g/mol. The van der Waals surface area contributed by atoms with E-state index in [2.05, 4.69) is 27.8 Å². The summed E-state index contributed by atoms with van der Waals surface area (Å²) in [5, 5.41) is 6.85. The van der Waals surface area contributed by atoms with Crippen molar-refractivity contribution in [2.45, 2.75) is 19.3 Å². The number of nitrogens with one attached hydrogen (secondary N) is 2. The van der Waals surface area contributed by atoms with Gasteiger partial charge >= 0.3 is 6.03 Å². The molecule has 0 aliphatic heterocycles. The van der Waals surface area contributed by atoms with Crippen LogP contribution in [0.15, 0.2) is 48.7 Å². The standard InChI is InChI=1S/C17H19N3O/c21-17(19-12-13-5-2-1-3-6-13)20-15-8-9-16-14(11-15)7-4-10-18-16/h1-2,4,7-11,13H,3,5-6,12H2,(H2,19,20,21). The second kappa shape index (κ2) is 6.39. The third-order valence-electron chi connectivity index (χ3n) is 3.79. The molecule has 4 nitrogen and oxygen atoms in total. The van der Waals surface area contributed by atoms with Crippen molar-refractivity contribution < 1.29 is 4.79 Å².